The summed E-state index contributed by atoms with van der Waals surface area (Å²) in [5, 5.41) is 3.92. The lowest BCUT2D eigenvalue weighted by Crippen LogP contribution is -2.27. The number of likely N-dealkylation sites (N-methyl/N-ethyl adjacent to an activating group) is 1. The number of aromatic nitrogens is 1. The van der Waals surface area contributed by atoms with Crippen LogP contribution in [0.2, 0.25) is 0 Å². The fourth-order valence-electron chi connectivity index (χ4n) is 1.96. The topological polar surface area (TPSA) is 29.3 Å². The molecule has 0 saturated carbocycles. The van der Waals surface area contributed by atoms with Crippen LogP contribution in [0, 0.1) is 6.92 Å². The van der Waals surface area contributed by atoms with E-state index in [2.05, 4.69) is 23.7 Å². The van der Waals surface area contributed by atoms with Gasteiger partial charge in [0.2, 0.25) is 0 Å². The highest BCUT2D eigenvalue weighted by Gasteiger charge is 2.25. The molecule has 1 aliphatic rings. The number of piperidine rings is 1. The molecular formula is C11H16N2O. The average molecular weight is 192 g/mol. The Bertz CT molecular complexity index is 343. The minimum Gasteiger partial charge on any atom is -0.378 e. The van der Waals surface area contributed by atoms with Crippen molar-refractivity contribution in [3.05, 3.63) is 29.8 Å². The van der Waals surface area contributed by atoms with Crippen LogP contribution in [0.3, 0.4) is 0 Å². The Balaban J connectivity index is 2.21. The molecule has 0 bridgehead atoms. The lowest BCUT2D eigenvalue weighted by molar-refractivity contribution is 0.282. The Morgan fingerprint density at radius 1 is 1.64 bits per heavy atom. The molecule has 0 aliphatic carbocycles. The van der Waals surface area contributed by atoms with Gasteiger partial charge >= 0.3 is 0 Å². The monoisotopic (exact) mass is 192 g/mol. The third-order valence-corrected chi connectivity index (χ3v) is 2.87. The third-order valence-electron chi connectivity index (χ3n) is 2.87. The van der Waals surface area contributed by atoms with Crippen molar-refractivity contribution in [3.63, 3.8) is 0 Å². The van der Waals surface area contributed by atoms with Crippen LogP contribution >= 0.6 is 0 Å². The lowest BCUT2D eigenvalue weighted by Gasteiger charge is -2.32. The van der Waals surface area contributed by atoms with E-state index in [1.54, 1.807) is 0 Å². The Labute approximate surface area is 84.4 Å². The van der Waals surface area contributed by atoms with Gasteiger partial charge < -0.3 is 9.42 Å². The normalized spacial score (nSPS) is 22.9. The number of likely N-dealkylation sites (tertiary alicyclic amines) is 1. The highest BCUT2D eigenvalue weighted by Crippen LogP contribution is 2.33. The molecule has 1 atom stereocenters. The van der Waals surface area contributed by atoms with E-state index in [1.807, 2.05) is 13.0 Å². The van der Waals surface area contributed by atoms with E-state index in [0.29, 0.717) is 5.92 Å². The first-order valence-corrected chi connectivity index (χ1v) is 5.01. The van der Waals surface area contributed by atoms with Crippen molar-refractivity contribution in [1.29, 1.82) is 0 Å². The molecule has 1 saturated heterocycles. The van der Waals surface area contributed by atoms with Crippen molar-refractivity contribution >= 4 is 0 Å². The highest BCUT2D eigenvalue weighted by molar-refractivity contribution is 5.20. The summed E-state index contributed by atoms with van der Waals surface area (Å²) in [6.45, 7) is 7.15. The van der Waals surface area contributed by atoms with Crippen LogP contribution in [0.15, 0.2) is 22.9 Å². The largest absolute Gasteiger partial charge is 0.378 e. The average Bonchev–Trinajstić information content (AvgIpc) is 2.57. The minimum atomic E-state index is 0.329. The van der Waals surface area contributed by atoms with Gasteiger partial charge in [-0.1, -0.05) is 11.7 Å². The van der Waals surface area contributed by atoms with E-state index >= 15 is 0 Å². The zero-order chi connectivity index (χ0) is 10.1. The number of hydrogen-bond acceptors (Lipinski definition) is 3. The molecule has 0 amide bonds. The van der Waals surface area contributed by atoms with E-state index in [9.17, 15) is 0 Å². The molecule has 2 rings (SSSR count). The van der Waals surface area contributed by atoms with E-state index in [-0.39, 0.29) is 0 Å². The third kappa shape index (κ3) is 1.54. The molecule has 1 unspecified atom stereocenters. The maximum absolute atomic E-state index is 5.28. The van der Waals surface area contributed by atoms with Gasteiger partial charge in [0.15, 0.2) is 0 Å². The van der Waals surface area contributed by atoms with Crippen LogP contribution in [-0.4, -0.2) is 23.6 Å². The summed E-state index contributed by atoms with van der Waals surface area (Å²) < 4.78 is 5.28. The van der Waals surface area contributed by atoms with Crippen molar-refractivity contribution in [2.24, 2.45) is 0 Å². The molecule has 0 spiro atoms. The van der Waals surface area contributed by atoms with Crippen molar-refractivity contribution in [2.75, 3.05) is 13.6 Å². The van der Waals surface area contributed by atoms with Gasteiger partial charge in [-0.15, -0.1) is 0 Å². The molecule has 0 aromatic carbocycles. The summed E-state index contributed by atoms with van der Waals surface area (Å²) in [5.41, 5.74) is 2.09. The molecule has 1 aliphatic heterocycles. The smallest absolute Gasteiger partial charge is 0.145 e. The molecule has 1 fully saturated rings. The first kappa shape index (κ1) is 9.31. The first-order chi connectivity index (χ1) is 6.68. The standard InChI is InChI=1S/C11H16N2O/c1-8-7-11(14-12-8)10-5-4-6-13(3)9(10)2/h7,10H,2,4-6H2,1,3H3. The van der Waals surface area contributed by atoms with Crippen LogP contribution in [0.1, 0.15) is 30.2 Å². The number of allylic oxidation sites excluding steroid dienone is 1. The van der Waals surface area contributed by atoms with Gasteiger partial charge in [0.25, 0.3) is 0 Å². The van der Waals surface area contributed by atoms with Crippen LogP contribution in [-0.2, 0) is 0 Å². The number of rotatable bonds is 1. The van der Waals surface area contributed by atoms with E-state index < -0.39 is 0 Å². The maximum atomic E-state index is 5.28. The molecule has 76 valence electrons. The number of hydrogen-bond donors (Lipinski definition) is 0. The van der Waals surface area contributed by atoms with Crippen LogP contribution < -0.4 is 0 Å². The molecular weight excluding hydrogens is 176 g/mol. The first-order valence-electron chi connectivity index (χ1n) is 5.01. The Morgan fingerprint density at radius 2 is 2.43 bits per heavy atom. The number of aryl methyl sites for hydroxylation is 1. The van der Waals surface area contributed by atoms with Crippen molar-refractivity contribution in [2.45, 2.75) is 25.7 Å². The summed E-state index contributed by atoms with van der Waals surface area (Å²) in [4.78, 5) is 2.20. The SMILES string of the molecule is C=C1C(c2cc(C)no2)CCCN1C. The zero-order valence-corrected chi connectivity index (χ0v) is 8.79. The van der Waals surface area contributed by atoms with Crippen LogP contribution in [0.25, 0.3) is 0 Å². The molecule has 3 nitrogen and oxygen atoms in total. The minimum absolute atomic E-state index is 0.329. The molecule has 0 radical (unpaired) electrons. The summed E-state index contributed by atoms with van der Waals surface area (Å²) in [5.74, 6) is 1.29. The second-order valence-electron chi connectivity index (χ2n) is 3.98. The zero-order valence-electron chi connectivity index (χ0n) is 8.79. The van der Waals surface area contributed by atoms with Crippen molar-refractivity contribution in [3.8, 4) is 0 Å². The second-order valence-corrected chi connectivity index (χ2v) is 3.98. The molecule has 3 heteroatoms. The predicted molar refractivity (Wildman–Crippen MR) is 55.0 cm³/mol. The van der Waals surface area contributed by atoms with Crippen LogP contribution in [0.4, 0.5) is 0 Å². The molecule has 1 aromatic heterocycles. The fraction of sp³-hybridized carbons (Fsp3) is 0.545. The molecule has 14 heavy (non-hydrogen) atoms. The van der Waals surface area contributed by atoms with Gasteiger partial charge in [-0.3, -0.25) is 0 Å². The quantitative estimate of drug-likeness (QED) is 0.683. The summed E-state index contributed by atoms with van der Waals surface area (Å²) in [7, 11) is 2.08. The maximum Gasteiger partial charge on any atom is 0.145 e. The summed E-state index contributed by atoms with van der Waals surface area (Å²) in [6.07, 6.45) is 2.32. The molecule has 1 aromatic rings. The lowest BCUT2D eigenvalue weighted by atomic mass is 9.92. The molecule has 0 N–H and O–H groups in total. The van der Waals surface area contributed by atoms with Crippen molar-refractivity contribution in [1.82, 2.24) is 10.1 Å². The van der Waals surface area contributed by atoms with E-state index in [0.717, 1.165) is 30.1 Å². The summed E-state index contributed by atoms with van der Waals surface area (Å²) in [6, 6.07) is 2.01. The fourth-order valence-corrected chi connectivity index (χ4v) is 1.96. The Hall–Kier alpha value is -1.25. The Kier molecular flexibility index (Phi) is 2.32. The molecule has 2 heterocycles. The summed E-state index contributed by atoms with van der Waals surface area (Å²) >= 11 is 0. The number of nitrogens with zero attached hydrogens (tertiary/aromatic N) is 2. The Morgan fingerprint density at radius 3 is 3.07 bits per heavy atom. The van der Waals surface area contributed by atoms with Crippen molar-refractivity contribution < 1.29 is 4.52 Å². The van der Waals surface area contributed by atoms with Gasteiger partial charge in [-0.25, -0.2) is 0 Å². The second kappa shape index (κ2) is 3.48. The van der Waals surface area contributed by atoms with E-state index in [1.165, 1.54) is 6.42 Å². The van der Waals surface area contributed by atoms with Gasteiger partial charge in [-0.2, -0.15) is 0 Å². The van der Waals surface area contributed by atoms with Gasteiger partial charge in [0.05, 0.1) is 11.6 Å². The highest BCUT2D eigenvalue weighted by atomic mass is 16.5. The van der Waals surface area contributed by atoms with Gasteiger partial charge in [0.1, 0.15) is 5.76 Å². The van der Waals surface area contributed by atoms with Gasteiger partial charge in [-0.05, 0) is 19.8 Å². The van der Waals surface area contributed by atoms with Gasteiger partial charge in [0, 0.05) is 25.4 Å². The van der Waals surface area contributed by atoms with Crippen LogP contribution in [0.5, 0.6) is 0 Å². The predicted octanol–water partition coefficient (Wildman–Crippen LogP) is 2.31. The van der Waals surface area contributed by atoms with E-state index in [4.69, 9.17) is 4.52 Å².